The van der Waals surface area contributed by atoms with Crippen LogP contribution >= 0.6 is 0 Å². The zero-order chi connectivity index (χ0) is 13.8. The van der Waals surface area contributed by atoms with Crippen LogP contribution < -0.4 is 4.90 Å². The van der Waals surface area contributed by atoms with Crippen molar-refractivity contribution < 1.29 is 9.90 Å². The Hall–Kier alpha value is -1.84. The second-order valence-electron chi connectivity index (χ2n) is 5.28. The molecular weight excluding hydrogens is 240 g/mol. The van der Waals surface area contributed by atoms with E-state index in [1.54, 1.807) is 12.3 Å². The van der Waals surface area contributed by atoms with Crippen molar-refractivity contribution in [3.63, 3.8) is 0 Å². The van der Waals surface area contributed by atoms with Gasteiger partial charge in [-0.15, -0.1) is 0 Å². The number of hydrogen-bond acceptors (Lipinski definition) is 3. The minimum Gasteiger partial charge on any atom is -0.478 e. The van der Waals surface area contributed by atoms with E-state index in [-0.39, 0.29) is 0 Å². The third-order valence-corrected chi connectivity index (χ3v) is 3.86. The van der Waals surface area contributed by atoms with Crippen LogP contribution in [0, 0.1) is 11.8 Å². The number of anilines is 1. The summed E-state index contributed by atoms with van der Waals surface area (Å²) in [5.41, 5.74) is 0.867. The summed E-state index contributed by atoms with van der Waals surface area (Å²) in [6.45, 7) is 6.50. The van der Waals surface area contributed by atoms with Crippen LogP contribution in [-0.2, 0) is 4.79 Å². The first-order valence-electron chi connectivity index (χ1n) is 6.69. The predicted octanol–water partition coefficient (Wildman–Crippen LogP) is 2.66. The summed E-state index contributed by atoms with van der Waals surface area (Å²) >= 11 is 0. The zero-order valence-electron chi connectivity index (χ0n) is 11.4. The number of rotatable bonds is 3. The van der Waals surface area contributed by atoms with E-state index >= 15 is 0 Å². The highest BCUT2D eigenvalue weighted by molar-refractivity contribution is 5.86. The maximum Gasteiger partial charge on any atom is 0.328 e. The summed E-state index contributed by atoms with van der Waals surface area (Å²) in [5, 5.41) is 8.73. The van der Waals surface area contributed by atoms with E-state index in [4.69, 9.17) is 5.11 Å². The average molecular weight is 260 g/mol. The summed E-state index contributed by atoms with van der Waals surface area (Å²) in [7, 11) is 0. The van der Waals surface area contributed by atoms with E-state index in [1.807, 2.05) is 12.1 Å². The molecule has 0 bridgehead atoms. The van der Waals surface area contributed by atoms with Crippen molar-refractivity contribution in [2.75, 3.05) is 18.0 Å². The molecule has 0 aliphatic carbocycles. The smallest absolute Gasteiger partial charge is 0.328 e. The highest BCUT2D eigenvalue weighted by atomic mass is 16.4. The number of carboxylic acids is 1. The Labute approximate surface area is 113 Å². The summed E-state index contributed by atoms with van der Waals surface area (Å²) in [6, 6.07) is 3.74. The number of hydrogen-bond donors (Lipinski definition) is 1. The summed E-state index contributed by atoms with van der Waals surface area (Å²) in [5.74, 6) is 1.32. The van der Waals surface area contributed by atoms with Gasteiger partial charge in [0.2, 0.25) is 0 Å². The molecule has 1 aromatic rings. The topological polar surface area (TPSA) is 53.4 Å². The molecule has 102 valence electrons. The molecule has 4 nitrogen and oxygen atoms in total. The van der Waals surface area contributed by atoms with Crippen LogP contribution in [0.1, 0.15) is 25.8 Å². The number of piperidine rings is 1. The molecule has 0 amide bonds. The Kier molecular flexibility index (Phi) is 4.20. The largest absolute Gasteiger partial charge is 0.478 e. The predicted molar refractivity (Wildman–Crippen MR) is 76.1 cm³/mol. The minimum atomic E-state index is -0.935. The Morgan fingerprint density at radius 3 is 2.95 bits per heavy atom. The van der Waals surface area contributed by atoms with Crippen LogP contribution in [0.2, 0.25) is 0 Å². The fraction of sp³-hybridized carbons (Fsp3) is 0.467. The fourth-order valence-corrected chi connectivity index (χ4v) is 2.42. The fourth-order valence-electron chi connectivity index (χ4n) is 2.42. The van der Waals surface area contributed by atoms with Crippen molar-refractivity contribution in [1.82, 2.24) is 4.98 Å². The molecule has 2 rings (SSSR count). The Morgan fingerprint density at radius 1 is 1.47 bits per heavy atom. The van der Waals surface area contributed by atoms with Gasteiger partial charge in [-0.1, -0.05) is 13.8 Å². The van der Waals surface area contributed by atoms with Gasteiger partial charge in [0, 0.05) is 30.9 Å². The molecule has 1 aromatic heterocycles. The molecule has 0 saturated carbocycles. The molecule has 1 aliphatic rings. The average Bonchev–Trinajstić information content (AvgIpc) is 2.40. The van der Waals surface area contributed by atoms with E-state index in [0.29, 0.717) is 5.92 Å². The second-order valence-corrected chi connectivity index (χ2v) is 5.28. The maximum atomic E-state index is 10.6. The first-order chi connectivity index (χ1) is 9.08. The highest BCUT2D eigenvalue weighted by Crippen LogP contribution is 2.28. The summed E-state index contributed by atoms with van der Waals surface area (Å²) in [4.78, 5) is 17.3. The molecule has 0 aromatic carbocycles. The molecule has 2 unspecified atom stereocenters. The Morgan fingerprint density at radius 2 is 2.26 bits per heavy atom. The van der Waals surface area contributed by atoms with Gasteiger partial charge in [-0.2, -0.15) is 0 Å². The van der Waals surface area contributed by atoms with Crippen LogP contribution in [0.3, 0.4) is 0 Å². The van der Waals surface area contributed by atoms with Crippen LogP contribution in [0.4, 0.5) is 5.82 Å². The monoisotopic (exact) mass is 260 g/mol. The molecular formula is C15H20N2O2. The molecule has 1 saturated heterocycles. The van der Waals surface area contributed by atoms with Gasteiger partial charge in [0.1, 0.15) is 5.82 Å². The highest BCUT2D eigenvalue weighted by Gasteiger charge is 2.24. The number of aromatic nitrogens is 1. The minimum absolute atomic E-state index is 0.632. The zero-order valence-corrected chi connectivity index (χ0v) is 11.4. The third-order valence-electron chi connectivity index (χ3n) is 3.86. The van der Waals surface area contributed by atoms with Crippen LogP contribution in [0.5, 0.6) is 0 Å². The van der Waals surface area contributed by atoms with Crippen molar-refractivity contribution in [1.29, 1.82) is 0 Å². The lowest BCUT2D eigenvalue weighted by molar-refractivity contribution is -0.131. The van der Waals surface area contributed by atoms with Crippen molar-refractivity contribution in [2.45, 2.75) is 20.3 Å². The second kappa shape index (κ2) is 5.87. The normalized spacial score (nSPS) is 23.8. The standard InChI is InChI=1S/C15H20N2O2/c1-11-7-9-17(10-12(11)2)15-13(4-3-8-16-15)5-6-14(18)19/h3-6,8,11-12H,7,9-10H2,1-2H3,(H,18,19)/b6-5+. The van der Waals surface area contributed by atoms with E-state index in [2.05, 4.69) is 23.7 Å². The third kappa shape index (κ3) is 3.34. The van der Waals surface area contributed by atoms with E-state index in [1.165, 1.54) is 0 Å². The Balaban J connectivity index is 2.22. The number of pyridine rings is 1. The van der Waals surface area contributed by atoms with Gasteiger partial charge in [-0.05, 0) is 36.5 Å². The van der Waals surface area contributed by atoms with E-state index in [9.17, 15) is 4.79 Å². The summed E-state index contributed by atoms with van der Waals surface area (Å²) in [6.07, 6.45) is 5.69. The Bertz CT molecular complexity index is 485. The summed E-state index contributed by atoms with van der Waals surface area (Å²) < 4.78 is 0. The SMILES string of the molecule is CC1CCN(c2ncccc2/C=C/C(=O)O)CC1C. The number of aliphatic carboxylic acids is 1. The molecule has 19 heavy (non-hydrogen) atoms. The lowest BCUT2D eigenvalue weighted by Crippen LogP contribution is -2.39. The molecule has 4 heteroatoms. The van der Waals surface area contributed by atoms with Crippen molar-refractivity contribution in [2.24, 2.45) is 11.8 Å². The molecule has 1 aliphatic heterocycles. The first kappa shape index (κ1) is 13.6. The maximum absolute atomic E-state index is 10.6. The van der Waals surface area contributed by atoms with Gasteiger partial charge < -0.3 is 10.0 Å². The lowest BCUT2D eigenvalue weighted by Gasteiger charge is -2.36. The molecule has 2 heterocycles. The van der Waals surface area contributed by atoms with Crippen LogP contribution in [0.25, 0.3) is 6.08 Å². The van der Waals surface area contributed by atoms with Crippen molar-refractivity contribution in [3.8, 4) is 0 Å². The van der Waals surface area contributed by atoms with E-state index < -0.39 is 5.97 Å². The first-order valence-corrected chi connectivity index (χ1v) is 6.69. The number of carbonyl (C=O) groups is 1. The van der Waals surface area contributed by atoms with Crippen molar-refractivity contribution >= 4 is 17.9 Å². The molecule has 0 spiro atoms. The van der Waals surface area contributed by atoms with Crippen LogP contribution in [0.15, 0.2) is 24.4 Å². The van der Waals surface area contributed by atoms with E-state index in [0.717, 1.165) is 42.9 Å². The molecule has 2 atom stereocenters. The molecule has 1 N–H and O–H groups in total. The van der Waals surface area contributed by atoms with Crippen LogP contribution in [-0.4, -0.2) is 29.1 Å². The lowest BCUT2D eigenvalue weighted by atomic mass is 9.88. The van der Waals surface area contributed by atoms with Gasteiger partial charge in [0.15, 0.2) is 0 Å². The number of nitrogens with zero attached hydrogens (tertiary/aromatic N) is 2. The van der Waals surface area contributed by atoms with Gasteiger partial charge in [-0.25, -0.2) is 9.78 Å². The quantitative estimate of drug-likeness (QED) is 0.849. The van der Waals surface area contributed by atoms with Crippen molar-refractivity contribution in [3.05, 3.63) is 30.0 Å². The van der Waals surface area contributed by atoms with Gasteiger partial charge in [0.25, 0.3) is 0 Å². The number of carboxylic acid groups (broad SMARTS) is 1. The van der Waals surface area contributed by atoms with Gasteiger partial charge in [0.05, 0.1) is 0 Å². The van der Waals surface area contributed by atoms with Gasteiger partial charge >= 0.3 is 5.97 Å². The van der Waals surface area contributed by atoms with Gasteiger partial charge in [-0.3, -0.25) is 0 Å². The molecule has 1 fully saturated rings. The molecule has 0 radical (unpaired) electrons.